The zero-order valence-corrected chi connectivity index (χ0v) is 12.1. The standard InChI is InChI=1S/C14H15ClO3S/c1-10(16)19-7-3-2-4-11-8-13(15)6-5-12(11)9-14(17)18/h2,4-6,8H,3,7,9H2,1H3,(H,17,18). The van der Waals surface area contributed by atoms with Gasteiger partial charge in [-0.3, -0.25) is 9.59 Å². The first-order chi connectivity index (χ1) is 8.99. The van der Waals surface area contributed by atoms with Crippen LogP contribution in [0.15, 0.2) is 24.3 Å². The summed E-state index contributed by atoms with van der Waals surface area (Å²) in [5.41, 5.74) is 1.54. The summed E-state index contributed by atoms with van der Waals surface area (Å²) < 4.78 is 0. The van der Waals surface area contributed by atoms with Gasteiger partial charge < -0.3 is 5.11 Å². The molecule has 19 heavy (non-hydrogen) atoms. The zero-order valence-electron chi connectivity index (χ0n) is 10.6. The Morgan fingerprint density at radius 2 is 2.16 bits per heavy atom. The van der Waals surface area contributed by atoms with Crippen molar-refractivity contribution in [1.29, 1.82) is 0 Å². The molecule has 0 saturated heterocycles. The Balaban J connectivity index is 2.69. The third-order valence-electron chi connectivity index (χ3n) is 2.34. The van der Waals surface area contributed by atoms with Gasteiger partial charge in [-0.05, 0) is 29.7 Å². The molecule has 0 aromatic heterocycles. The van der Waals surface area contributed by atoms with Crippen molar-refractivity contribution in [3.05, 3.63) is 40.4 Å². The van der Waals surface area contributed by atoms with Gasteiger partial charge in [0.25, 0.3) is 0 Å². The second-order valence-corrected chi connectivity index (χ2v) is 5.65. The van der Waals surface area contributed by atoms with E-state index in [9.17, 15) is 9.59 Å². The molecule has 0 aliphatic carbocycles. The van der Waals surface area contributed by atoms with Gasteiger partial charge in [0.2, 0.25) is 0 Å². The van der Waals surface area contributed by atoms with E-state index in [0.29, 0.717) is 5.02 Å². The number of carboxylic acids is 1. The Morgan fingerprint density at radius 1 is 1.42 bits per heavy atom. The van der Waals surface area contributed by atoms with Crippen molar-refractivity contribution in [2.24, 2.45) is 0 Å². The Bertz CT molecular complexity index is 497. The summed E-state index contributed by atoms with van der Waals surface area (Å²) in [4.78, 5) is 21.5. The van der Waals surface area contributed by atoms with Crippen molar-refractivity contribution >= 4 is 40.5 Å². The molecular weight excluding hydrogens is 284 g/mol. The van der Waals surface area contributed by atoms with E-state index in [1.807, 2.05) is 12.2 Å². The van der Waals surface area contributed by atoms with E-state index in [2.05, 4.69) is 0 Å². The highest BCUT2D eigenvalue weighted by molar-refractivity contribution is 8.13. The lowest BCUT2D eigenvalue weighted by molar-refractivity contribution is -0.136. The minimum Gasteiger partial charge on any atom is -0.481 e. The predicted molar refractivity (Wildman–Crippen MR) is 79.6 cm³/mol. The van der Waals surface area contributed by atoms with Gasteiger partial charge >= 0.3 is 5.97 Å². The van der Waals surface area contributed by atoms with Crippen LogP contribution in [0.3, 0.4) is 0 Å². The van der Waals surface area contributed by atoms with Gasteiger partial charge in [-0.2, -0.15) is 0 Å². The number of hydrogen-bond donors (Lipinski definition) is 1. The van der Waals surface area contributed by atoms with Crippen LogP contribution in [-0.4, -0.2) is 21.9 Å². The van der Waals surface area contributed by atoms with Gasteiger partial charge in [-0.1, -0.05) is 41.6 Å². The highest BCUT2D eigenvalue weighted by Gasteiger charge is 2.05. The van der Waals surface area contributed by atoms with E-state index in [4.69, 9.17) is 16.7 Å². The zero-order chi connectivity index (χ0) is 14.3. The van der Waals surface area contributed by atoms with Gasteiger partial charge in [-0.25, -0.2) is 0 Å². The lowest BCUT2D eigenvalue weighted by atomic mass is 10.0. The second-order valence-electron chi connectivity index (χ2n) is 3.94. The molecule has 0 unspecified atom stereocenters. The Hall–Kier alpha value is -1.26. The molecule has 0 atom stereocenters. The van der Waals surface area contributed by atoms with Gasteiger partial charge in [0.1, 0.15) is 0 Å². The van der Waals surface area contributed by atoms with Crippen molar-refractivity contribution in [1.82, 2.24) is 0 Å². The quantitative estimate of drug-likeness (QED) is 0.815. The van der Waals surface area contributed by atoms with Gasteiger partial charge in [0.05, 0.1) is 6.42 Å². The van der Waals surface area contributed by atoms with Crippen molar-refractivity contribution in [2.75, 3.05) is 5.75 Å². The third-order valence-corrected chi connectivity index (χ3v) is 3.42. The molecule has 1 aromatic carbocycles. The van der Waals surface area contributed by atoms with Gasteiger partial charge in [-0.15, -0.1) is 0 Å². The predicted octanol–water partition coefficient (Wildman–Crippen LogP) is 3.65. The minimum absolute atomic E-state index is 0.0287. The number of carboxylic acid groups (broad SMARTS) is 1. The highest BCUT2D eigenvalue weighted by Crippen LogP contribution is 2.18. The van der Waals surface area contributed by atoms with Crippen LogP contribution in [0.5, 0.6) is 0 Å². The van der Waals surface area contributed by atoms with Gasteiger partial charge in [0.15, 0.2) is 5.12 Å². The van der Waals surface area contributed by atoms with Crippen molar-refractivity contribution in [3.8, 4) is 0 Å². The summed E-state index contributed by atoms with van der Waals surface area (Å²) in [6.45, 7) is 1.54. The fraction of sp³-hybridized carbons (Fsp3) is 0.286. The Morgan fingerprint density at radius 3 is 2.79 bits per heavy atom. The molecule has 3 nitrogen and oxygen atoms in total. The van der Waals surface area contributed by atoms with E-state index < -0.39 is 5.97 Å². The molecule has 0 saturated carbocycles. The molecule has 0 fully saturated rings. The molecule has 0 aliphatic heterocycles. The van der Waals surface area contributed by atoms with Crippen LogP contribution in [0.4, 0.5) is 0 Å². The first kappa shape index (κ1) is 15.8. The monoisotopic (exact) mass is 298 g/mol. The highest BCUT2D eigenvalue weighted by atomic mass is 35.5. The smallest absolute Gasteiger partial charge is 0.307 e. The van der Waals surface area contributed by atoms with Crippen LogP contribution < -0.4 is 0 Å². The second kappa shape index (κ2) is 8.02. The molecule has 102 valence electrons. The number of aliphatic carboxylic acids is 1. The van der Waals surface area contributed by atoms with Crippen molar-refractivity contribution in [3.63, 3.8) is 0 Å². The molecule has 1 aromatic rings. The maximum Gasteiger partial charge on any atom is 0.307 e. The maximum absolute atomic E-state index is 10.8. The first-order valence-electron chi connectivity index (χ1n) is 5.79. The molecule has 0 bridgehead atoms. The molecule has 1 N–H and O–H groups in total. The van der Waals surface area contributed by atoms with Crippen LogP contribution in [0.25, 0.3) is 6.08 Å². The lowest BCUT2D eigenvalue weighted by Gasteiger charge is -2.04. The third kappa shape index (κ3) is 6.45. The number of allylic oxidation sites excluding steroid dienone is 1. The normalized spacial score (nSPS) is 10.8. The maximum atomic E-state index is 10.8. The number of carbonyl (C=O) groups is 2. The first-order valence-corrected chi connectivity index (χ1v) is 7.15. The fourth-order valence-electron chi connectivity index (χ4n) is 1.53. The van der Waals surface area contributed by atoms with Crippen LogP contribution in [-0.2, 0) is 16.0 Å². The number of benzene rings is 1. The van der Waals surface area contributed by atoms with Crippen LogP contribution >= 0.6 is 23.4 Å². The molecule has 0 aliphatic rings. The largest absolute Gasteiger partial charge is 0.481 e. The summed E-state index contributed by atoms with van der Waals surface area (Å²) in [5.74, 6) is -0.148. The van der Waals surface area contributed by atoms with Crippen LogP contribution in [0.2, 0.25) is 5.02 Å². The minimum atomic E-state index is -0.871. The lowest BCUT2D eigenvalue weighted by Crippen LogP contribution is -2.01. The average molecular weight is 299 g/mol. The topological polar surface area (TPSA) is 54.4 Å². The Labute approximate surface area is 121 Å². The van der Waals surface area contributed by atoms with Gasteiger partial charge in [0, 0.05) is 17.7 Å². The van der Waals surface area contributed by atoms with E-state index in [0.717, 1.165) is 23.3 Å². The van der Waals surface area contributed by atoms with Crippen molar-refractivity contribution in [2.45, 2.75) is 19.8 Å². The molecule has 1 rings (SSSR count). The summed E-state index contributed by atoms with van der Waals surface area (Å²) >= 11 is 7.18. The van der Waals surface area contributed by atoms with E-state index in [1.165, 1.54) is 18.7 Å². The number of halogens is 1. The number of carbonyl (C=O) groups excluding carboxylic acids is 1. The molecular formula is C14H15ClO3S. The van der Waals surface area contributed by atoms with Crippen molar-refractivity contribution < 1.29 is 14.7 Å². The van der Waals surface area contributed by atoms with E-state index >= 15 is 0 Å². The SMILES string of the molecule is CC(=O)SCCC=Cc1cc(Cl)ccc1CC(=O)O. The molecule has 0 spiro atoms. The van der Waals surface area contributed by atoms with E-state index in [-0.39, 0.29) is 11.5 Å². The summed E-state index contributed by atoms with van der Waals surface area (Å²) in [6, 6.07) is 5.15. The number of thioether (sulfide) groups is 1. The summed E-state index contributed by atoms with van der Waals surface area (Å²) in [5, 5.41) is 9.51. The van der Waals surface area contributed by atoms with E-state index in [1.54, 1.807) is 18.2 Å². The number of rotatable bonds is 6. The van der Waals surface area contributed by atoms with Crippen LogP contribution in [0, 0.1) is 0 Å². The Kier molecular flexibility index (Phi) is 6.67. The van der Waals surface area contributed by atoms with Crippen LogP contribution in [0.1, 0.15) is 24.5 Å². The average Bonchev–Trinajstić information content (AvgIpc) is 2.31. The molecule has 0 radical (unpaired) electrons. The molecule has 5 heteroatoms. The number of hydrogen-bond acceptors (Lipinski definition) is 3. The fourth-order valence-corrected chi connectivity index (χ4v) is 2.25. The molecule has 0 amide bonds. The molecule has 0 heterocycles. The summed E-state index contributed by atoms with van der Waals surface area (Å²) in [6.07, 6.45) is 4.50. The summed E-state index contributed by atoms with van der Waals surface area (Å²) in [7, 11) is 0.